The molecular formula is C12H11BrN2S. The van der Waals surface area contributed by atoms with Crippen LogP contribution in [0.1, 0.15) is 5.69 Å². The van der Waals surface area contributed by atoms with Crippen LogP contribution in [0.15, 0.2) is 52.0 Å². The van der Waals surface area contributed by atoms with Crippen LogP contribution in [-0.2, 0) is 5.75 Å². The number of hydrogen-bond donors (Lipinski definition) is 1. The molecule has 1 heterocycles. The highest BCUT2D eigenvalue weighted by Gasteiger charge is 2.02. The summed E-state index contributed by atoms with van der Waals surface area (Å²) in [6.07, 6.45) is 1.81. The van der Waals surface area contributed by atoms with E-state index in [-0.39, 0.29) is 0 Å². The van der Waals surface area contributed by atoms with E-state index in [9.17, 15) is 0 Å². The Morgan fingerprint density at radius 1 is 1.25 bits per heavy atom. The first-order valence-corrected chi connectivity index (χ1v) is 6.61. The molecule has 16 heavy (non-hydrogen) atoms. The van der Waals surface area contributed by atoms with Gasteiger partial charge in [-0.3, -0.25) is 4.98 Å². The van der Waals surface area contributed by atoms with Crippen LogP contribution in [-0.4, -0.2) is 4.98 Å². The molecule has 1 aromatic carbocycles. The van der Waals surface area contributed by atoms with E-state index >= 15 is 0 Å². The van der Waals surface area contributed by atoms with E-state index < -0.39 is 0 Å². The van der Waals surface area contributed by atoms with E-state index in [1.807, 2.05) is 36.4 Å². The molecule has 0 atom stereocenters. The van der Waals surface area contributed by atoms with Gasteiger partial charge in [0.25, 0.3) is 0 Å². The Hall–Kier alpha value is -1.00. The molecule has 2 rings (SSSR count). The normalized spacial score (nSPS) is 10.3. The van der Waals surface area contributed by atoms with Crippen molar-refractivity contribution in [3.05, 3.63) is 52.8 Å². The van der Waals surface area contributed by atoms with Crippen molar-refractivity contribution in [3.8, 4) is 0 Å². The lowest BCUT2D eigenvalue weighted by Gasteiger charge is -2.05. The van der Waals surface area contributed by atoms with Crippen molar-refractivity contribution in [1.29, 1.82) is 0 Å². The van der Waals surface area contributed by atoms with Gasteiger partial charge in [0, 0.05) is 27.0 Å². The number of anilines is 1. The number of hydrogen-bond acceptors (Lipinski definition) is 3. The molecular weight excluding hydrogens is 284 g/mol. The second kappa shape index (κ2) is 5.37. The molecule has 0 unspecified atom stereocenters. The Morgan fingerprint density at radius 3 is 2.88 bits per heavy atom. The Bertz CT molecular complexity index is 474. The van der Waals surface area contributed by atoms with Crippen molar-refractivity contribution >= 4 is 33.4 Å². The van der Waals surface area contributed by atoms with Gasteiger partial charge in [0.1, 0.15) is 0 Å². The molecule has 0 aliphatic carbocycles. The molecule has 0 saturated carbocycles. The van der Waals surface area contributed by atoms with Gasteiger partial charge in [-0.25, -0.2) is 0 Å². The van der Waals surface area contributed by atoms with Gasteiger partial charge in [-0.2, -0.15) is 0 Å². The minimum absolute atomic E-state index is 0.809. The predicted molar refractivity (Wildman–Crippen MR) is 72.4 cm³/mol. The van der Waals surface area contributed by atoms with Gasteiger partial charge in [-0.05, 0) is 30.3 Å². The van der Waals surface area contributed by atoms with Crippen molar-refractivity contribution in [2.45, 2.75) is 10.6 Å². The van der Waals surface area contributed by atoms with Gasteiger partial charge in [0.05, 0.1) is 5.69 Å². The number of pyridine rings is 1. The minimum Gasteiger partial charge on any atom is -0.398 e. The van der Waals surface area contributed by atoms with Gasteiger partial charge in [0.2, 0.25) is 0 Å². The number of thioether (sulfide) groups is 1. The first-order valence-electron chi connectivity index (χ1n) is 4.83. The maximum absolute atomic E-state index is 5.89. The first kappa shape index (κ1) is 11.5. The van der Waals surface area contributed by atoms with Crippen LogP contribution in [0.5, 0.6) is 0 Å². The van der Waals surface area contributed by atoms with Crippen LogP contribution in [0.4, 0.5) is 5.69 Å². The first-order chi connectivity index (χ1) is 7.75. The molecule has 2 N–H and O–H groups in total. The monoisotopic (exact) mass is 294 g/mol. The van der Waals surface area contributed by atoms with Crippen LogP contribution >= 0.6 is 27.7 Å². The van der Waals surface area contributed by atoms with Crippen molar-refractivity contribution in [2.75, 3.05) is 5.73 Å². The van der Waals surface area contributed by atoms with Crippen molar-refractivity contribution in [1.82, 2.24) is 4.98 Å². The van der Waals surface area contributed by atoms with Gasteiger partial charge in [-0.15, -0.1) is 11.8 Å². The third-order valence-corrected chi connectivity index (χ3v) is 3.68. The molecule has 4 heteroatoms. The smallest absolute Gasteiger partial charge is 0.0506 e. The highest BCUT2D eigenvalue weighted by Crippen LogP contribution is 2.30. The second-order valence-corrected chi connectivity index (χ2v) is 5.22. The number of benzene rings is 1. The minimum atomic E-state index is 0.809. The number of halogens is 1. The predicted octanol–water partition coefficient (Wildman–Crippen LogP) is 3.72. The van der Waals surface area contributed by atoms with Crippen molar-refractivity contribution in [2.24, 2.45) is 0 Å². The Morgan fingerprint density at radius 2 is 2.12 bits per heavy atom. The van der Waals surface area contributed by atoms with Crippen LogP contribution in [0.25, 0.3) is 0 Å². The Labute approximate surface area is 107 Å². The number of rotatable bonds is 3. The van der Waals surface area contributed by atoms with E-state index in [2.05, 4.69) is 20.9 Å². The third kappa shape index (κ3) is 3.00. The van der Waals surface area contributed by atoms with Crippen LogP contribution in [0.2, 0.25) is 0 Å². The molecule has 0 fully saturated rings. The fourth-order valence-corrected chi connectivity index (χ4v) is 2.70. The summed E-state index contributed by atoms with van der Waals surface area (Å²) in [6.45, 7) is 0. The molecule has 1 aromatic heterocycles. The fraction of sp³-hybridized carbons (Fsp3) is 0.0833. The Kier molecular flexibility index (Phi) is 3.85. The fourth-order valence-electron chi connectivity index (χ4n) is 1.27. The summed E-state index contributed by atoms with van der Waals surface area (Å²) < 4.78 is 1.05. The topological polar surface area (TPSA) is 38.9 Å². The zero-order valence-corrected chi connectivity index (χ0v) is 11.0. The van der Waals surface area contributed by atoms with Crippen LogP contribution in [0.3, 0.4) is 0 Å². The molecule has 2 nitrogen and oxygen atoms in total. The maximum atomic E-state index is 5.89. The molecule has 82 valence electrons. The highest BCUT2D eigenvalue weighted by molar-refractivity contribution is 9.10. The lowest BCUT2D eigenvalue weighted by molar-refractivity contribution is 1.17. The van der Waals surface area contributed by atoms with E-state index in [1.54, 1.807) is 18.0 Å². The second-order valence-electron chi connectivity index (χ2n) is 3.29. The third-order valence-electron chi connectivity index (χ3n) is 2.08. The summed E-state index contributed by atoms with van der Waals surface area (Å²) in [4.78, 5) is 5.36. The lowest BCUT2D eigenvalue weighted by Crippen LogP contribution is -1.90. The number of nitrogen functional groups attached to an aromatic ring is 1. The lowest BCUT2D eigenvalue weighted by atomic mass is 10.3. The SMILES string of the molecule is Nc1ccc(Br)cc1SCc1ccccn1. The van der Waals surface area contributed by atoms with E-state index in [0.29, 0.717) is 0 Å². The quantitative estimate of drug-likeness (QED) is 0.693. The number of nitrogens with two attached hydrogens (primary N) is 1. The van der Waals surface area contributed by atoms with E-state index in [4.69, 9.17) is 5.73 Å². The molecule has 0 aliphatic rings. The average Bonchev–Trinajstić information content (AvgIpc) is 2.32. The molecule has 0 aliphatic heterocycles. The Balaban J connectivity index is 2.08. The van der Waals surface area contributed by atoms with E-state index in [1.165, 1.54) is 0 Å². The largest absolute Gasteiger partial charge is 0.398 e. The zero-order valence-electron chi connectivity index (χ0n) is 8.56. The van der Waals surface area contributed by atoms with E-state index in [0.717, 1.165) is 26.5 Å². The average molecular weight is 295 g/mol. The van der Waals surface area contributed by atoms with Gasteiger partial charge >= 0.3 is 0 Å². The highest BCUT2D eigenvalue weighted by atomic mass is 79.9. The van der Waals surface area contributed by atoms with Gasteiger partial charge in [-0.1, -0.05) is 22.0 Å². The maximum Gasteiger partial charge on any atom is 0.0506 e. The van der Waals surface area contributed by atoms with Gasteiger partial charge in [0.15, 0.2) is 0 Å². The molecule has 0 amide bonds. The molecule has 0 spiro atoms. The zero-order chi connectivity index (χ0) is 11.4. The molecule has 2 aromatic rings. The summed E-state index contributed by atoms with van der Waals surface area (Å²) in [6, 6.07) is 11.8. The summed E-state index contributed by atoms with van der Waals surface area (Å²) in [5.74, 6) is 0.835. The summed E-state index contributed by atoms with van der Waals surface area (Å²) in [7, 11) is 0. The van der Waals surface area contributed by atoms with Gasteiger partial charge < -0.3 is 5.73 Å². The molecule has 0 bridgehead atoms. The van der Waals surface area contributed by atoms with Crippen molar-refractivity contribution < 1.29 is 0 Å². The summed E-state index contributed by atoms with van der Waals surface area (Å²) >= 11 is 5.13. The van der Waals surface area contributed by atoms with Crippen LogP contribution in [0, 0.1) is 0 Å². The molecule has 0 saturated heterocycles. The van der Waals surface area contributed by atoms with Crippen LogP contribution < -0.4 is 5.73 Å². The number of nitrogens with zero attached hydrogens (tertiary/aromatic N) is 1. The summed E-state index contributed by atoms with van der Waals surface area (Å²) in [5, 5.41) is 0. The van der Waals surface area contributed by atoms with Crippen molar-refractivity contribution in [3.63, 3.8) is 0 Å². The molecule has 0 radical (unpaired) electrons. The number of aromatic nitrogens is 1. The standard InChI is InChI=1S/C12H11BrN2S/c13-9-4-5-11(14)12(7-9)16-8-10-3-1-2-6-15-10/h1-7H,8,14H2. The summed E-state index contributed by atoms with van der Waals surface area (Å²) in [5.41, 5.74) is 7.76.